The summed E-state index contributed by atoms with van der Waals surface area (Å²) in [5, 5.41) is 0. The lowest BCUT2D eigenvalue weighted by Crippen LogP contribution is -2.67. The second-order valence-electron chi connectivity index (χ2n) is 7.60. The van der Waals surface area contributed by atoms with Crippen molar-refractivity contribution in [2.24, 2.45) is 0 Å². The summed E-state index contributed by atoms with van der Waals surface area (Å²) in [7, 11) is 6.27. The van der Waals surface area contributed by atoms with Gasteiger partial charge in [-0.1, -0.05) is 36.4 Å². The summed E-state index contributed by atoms with van der Waals surface area (Å²) in [5.74, 6) is 0.534. The van der Waals surface area contributed by atoms with E-state index in [2.05, 4.69) is 0 Å². The molecule has 2 aromatic rings. The van der Waals surface area contributed by atoms with Gasteiger partial charge in [0.05, 0.1) is 14.2 Å². The van der Waals surface area contributed by atoms with Gasteiger partial charge in [-0.3, -0.25) is 9.59 Å². The van der Waals surface area contributed by atoms with Gasteiger partial charge in [0.25, 0.3) is 23.3 Å². The monoisotopic (exact) mass is 410 g/mol. The molecular formula is C22H22N2O6. The molecule has 4 atom stereocenters. The summed E-state index contributed by atoms with van der Waals surface area (Å²) in [6.07, 6.45) is -1.23. The Balaban J connectivity index is 1.50. The smallest absolute Gasteiger partial charge is 0.281 e. The molecule has 3 heterocycles. The molecule has 5 rings (SSSR count). The third-order valence-electron chi connectivity index (χ3n) is 6.25. The van der Waals surface area contributed by atoms with Gasteiger partial charge in [0.15, 0.2) is 0 Å². The summed E-state index contributed by atoms with van der Waals surface area (Å²) in [6.45, 7) is 0. The van der Waals surface area contributed by atoms with Crippen LogP contribution in [0, 0.1) is 0 Å². The zero-order valence-electron chi connectivity index (χ0n) is 17.1. The molecule has 2 aromatic carbocycles. The Morgan fingerprint density at radius 2 is 1.10 bits per heavy atom. The molecule has 3 saturated heterocycles. The van der Waals surface area contributed by atoms with Crippen molar-refractivity contribution in [2.75, 3.05) is 28.3 Å². The highest BCUT2D eigenvalue weighted by atomic mass is 16.7. The fourth-order valence-electron chi connectivity index (χ4n) is 4.51. The minimum atomic E-state index is -1.40. The number of piperazine rings is 1. The van der Waals surface area contributed by atoms with Gasteiger partial charge in [-0.05, 0) is 12.1 Å². The molecule has 8 heteroatoms. The van der Waals surface area contributed by atoms with E-state index in [9.17, 15) is 9.59 Å². The highest BCUT2D eigenvalue weighted by Gasteiger charge is 2.81. The van der Waals surface area contributed by atoms with Gasteiger partial charge in [0.1, 0.15) is 23.7 Å². The molecule has 3 aliphatic rings. The predicted molar refractivity (Wildman–Crippen MR) is 105 cm³/mol. The van der Waals surface area contributed by atoms with Crippen LogP contribution in [0.2, 0.25) is 0 Å². The number of amides is 2. The van der Waals surface area contributed by atoms with Gasteiger partial charge >= 0.3 is 0 Å². The molecule has 156 valence electrons. The largest absolute Gasteiger partial charge is 0.496 e. The Labute approximate surface area is 173 Å². The van der Waals surface area contributed by atoms with E-state index in [1.54, 1.807) is 40.4 Å². The number of epoxide rings is 2. The normalized spacial score (nSPS) is 32.0. The fourth-order valence-corrected chi connectivity index (χ4v) is 4.51. The Kier molecular flexibility index (Phi) is 3.90. The number of carbonyl (C=O) groups is 2. The lowest BCUT2D eigenvalue weighted by Gasteiger charge is -2.39. The van der Waals surface area contributed by atoms with E-state index in [1.165, 1.54) is 9.80 Å². The molecule has 2 spiro atoms. The average molecular weight is 410 g/mol. The molecule has 0 aliphatic carbocycles. The van der Waals surface area contributed by atoms with Crippen LogP contribution in [0.4, 0.5) is 0 Å². The number of hydrogen-bond donors (Lipinski definition) is 0. The van der Waals surface area contributed by atoms with Gasteiger partial charge in [-0.15, -0.1) is 0 Å². The van der Waals surface area contributed by atoms with Crippen LogP contribution in [0.3, 0.4) is 0 Å². The van der Waals surface area contributed by atoms with E-state index < -0.39 is 23.7 Å². The lowest BCUT2D eigenvalue weighted by atomic mass is 9.95. The van der Waals surface area contributed by atoms with Crippen molar-refractivity contribution in [3.63, 3.8) is 0 Å². The highest BCUT2D eigenvalue weighted by molar-refractivity contribution is 6.04. The first-order valence-corrected chi connectivity index (χ1v) is 9.61. The zero-order chi connectivity index (χ0) is 21.3. The topological polar surface area (TPSA) is 84.1 Å². The summed E-state index contributed by atoms with van der Waals surface area (Å²) in [4.78, 5) is 29.7. The van der Waals surface area contributed by atoms with Crippen LogP contribution in [-0.2, 0) is 19.1 Å². The van der Waals surface area contributed by atoms with Crippen LogP contribution in [0.5, 0.6) is 11.5 Å². The van der Waals surface area contributed by atoms with Crippen LogP contribution in [0.25, 0.3) is 0 Å². The number of hydrogen-bond acceptors (Lipinski definition) is 6. The Bertz CT molecular complexity index is 974. The molecule has 0 N–H and O–H groups in total. The molecule has 0 radical (unpaired) electrons. The third-order valence-corrected chi connectivity index (χ3v) is 6.25. The first kappa shape index (κ1) is 18.9. The van der Waals surface area contributed by atoms with Gasteiger partial charge in [-0.2, -0.15) is 0 Å². The summed E-state index contributed by atoms with van der Waals surface area (Å²) in [6, 6.07) is 14.6. The van der Waals surface area contributed by atoms with Crippen molar-refractivity contribution in [2.45, 2.75) is 23.7 Å². The van der Waals surface area contributed by atoms with Crippen LogP contribution >= 0.6 is 0 Å². The van der Waals surface area contributed by atoms with Crippen molar-refractivity contribution in [3.05, 3.63) is 59.7 Å². The standard InChI is InChI=1S/C22H22N2O6/c1-23-19(25)22(18(30-22)14-10-6-8-12-16(14)28-4)24(2)20(26)21(23)17(29-21)13-9-5-7-11-15(13)27-3/h5-12,17-18H,1-4H3/t17-,18-,21-,22-/m0/s1. The maximum atomic E-state index is 13.5. The lowest BCUT2D eigenvalue weighted by molar-refractivity contribution is -0.175. The van der Waals surface area contributed by atoms with Gasteiger partial charge < -0.3 is 28.7 Å². The minimum absolute atomic E-state index is 0.335. The van der Waals surface area contributed by atoms with Crippen LogP contribution in [0.1, 0.15) is 23.3 Å². The van der Waals surface area contributed by atoms with Crippen LogP contribution in [-0.4, -0.2) is 61.4 Å². The SMILES string of the molecule is COc1ccccc1[C@@H]1O[C@]12C(=O)N(C)[C@@]1(O[C@H]1c1ccccc1OC)C(=O)N2C. The number of rotatable bonds is 4. The predicted octanol–water partition coefficient (Wildman–Crippen LogP) is 1.87. The van der Waals surface area contributed by atoms with E-state index in [0.29, 0.717) is 11.5 Å². The number of carbonyl (C=O) groups excluding carboxylic acids is 2. The Hall–Kier alpha value is -3.10. The molecule has 0 bridgehead atoms. The number of para-hydroxylation sites is 2. The minimum Gasteiger partial charge on any atom is -0.496 e. The van der Waals surface area contributed by atoms with Crippen LogP contribution < -0.4 is 9.47 Å². The zero-order valence-corrected chi connectivity index (χ0v) is 17.1. The summed E-state index contributed by atoms with van der Waals surface area (Å²) < 4.78 is 22.6. The fraction of sp³-hybridized carbons (Fsp3) is 0.364. The van der Waals surface area contributed by atoms with Gasteiger partial charge in [-0.25, -0.2) is 0 Å². The molecular weight excluding hydrogens is 388 g/mol. The van der Waals surface area contributed by atoms with Crippen molar-refractivity contribution in [3.8, 4) is 11.5 Å². The molecule has 3 aliphatic heterocycles. The maximum absolute atomic E-state index is 13.5. The van der Waals surface area contributed by atoms with E-state index in [1.807, 2.05) is 36.4 Å². The van der Waals surface area contributed by atoms with Gasteiger partial charge in [0, 0.05) is 25.2 Å². The average Bonchev–Trinajstić information content (AvgIpc) is 3.70. The van der Waals surface area contributed by atoms with E-state index in [0.717, 1.165) is 11.1 Å². The molecule has 3 fully saturated rings. The second kappa shape index (κ2) is 6.20. The first-order chi connectivity index (χ1) is 14.4. The molecule has 2 amide bonds. The number of nitrogens with zero attached hydrogens (tertiary/aromatic N) is 2. The summed E-state index contributed by atoms with van der Waals surface area (Å²) >= 11 is 0. The molecule has 0 aromatic heterocycles. The van der Waals surface area contributed by atoms with E-state index in [-0.39, 0.29) is 11.8 Å². The Morgan fingerprint density at radius 3 is 1.47 bits per heavy atom. The van der Waals surface area contributed by atoms with Crippen molar-refractivity contribution < 1.29 is 28.5 Å². The third kappa shape index (κ3) is 2.17. The van der Waals surface area contributed by atoms with E-state index in [4.69, 9.17) is 18.9 Å². The number of ether oxygens (including phenoxy) is 4. The first-order valence-electron chi connectivity index (χ1n) is 9.61. The number of likely N-dealkylation sites (N-methyl/N-ethyl adjacent to an activating group) is 2. The quantitative estimate of drug-likeness (QED) is 0.716. The van der Waals surface area contributed by atoms with Crippen molar-refractivity contribution in [1.29, 1.82) is 0 Å². The molecule has 8 nitrogen and oxygen atoms in total. The maximum Gasteiger partial charge on any atom is 0.281 e. The van der Waals surface area contributed by atoms with Crippen molar-refractivity contribution >= 4 is 11.8 Å². The number of benzene rings is 2. The van der Waals surface area contributed by atoms with Crippen molar-refractivity contribution in [1.82, 2.24) is 9.80 Å². The van der Waals surface area contributed by atoms with Crippen LogP contribution in [0.15, 0.2) is 48.5 Å². The highest BCUT2D eigenvalue weighted by Crippen LogP contribution is 2.63. The molecule has 0 saturated carbocycles. The second-order valence-corrected chi connectivity index (χ2v) is 7.60. The summed E-state index contributed by atoms with van der Waals surface area (Å²) in [5.41, 5.74) is -1.36. The van der Waals surface area contributed by atoms with Gasteiger partial charge in [0.2, 0.25) is 0 Å². The number of methoxy groups -OCH3 is 2. The molecule has 0 unspecified atom stereocenters. The molecule has 30 heavy (non-hydrogen) atoms. The Morgan fingerprint density at radius 1 is 0.733 bits per heavy atom. The van der Waals surface area contributed by atoms with E-state index >= 15 is 0 Å².